The van der Waals surface area contributed by atoms with Crippen molar-refractivity contribution in [3.63, 3.8) is 0 Å². The zero-order valence-electron chi connectivity index (χ0n) is 12.0. The number of aromatic amines is 1. The zero-order chi connectivity index (χ0) is 14.5. The van der Waals surface area contributed by atoms with Crippen molar-refractivity contribution in [2.45, 2.75) is 52.3 Å². The predicted molar refractivity (Wildman–Crippen MR) is 69.4 cm³/mol. The van der Waals surface area contributed by atoms with Gasteiger partial charge in [-0.15, -0.1) is 10.2 Å². The number of carbonyl (C=O) groups is 1. The van der Waals surface area contributed by atoms with Crippen LogP contribution in [0, 0.1) is 0 Å². The third-order valence-corrected chi connectivity index (χ3v) is 2.24. The van der Waals surface area contributed by atoms with Crippen LogP contribution in [0.1, 0.15) is 46.5 Å². The van der Waals surface area contributed by atoms with E-state index in [1.807, 2.05) is 34.6 Å². The highest BCUT2D eigenvalue weighted by atomic mass is 16.6. The number of hydrogen-bond donors (Lipinski definition) is 3. The number of carbonyl (C=O) groups excluding carboxylic acids is 1. The Morgan fingerprint density at radius 2 is 2.11 bits per heavy atom. The molecular formula is C11H22N6O2. The lowest BCUT2D eigenvalue weighted by atomic mass is 10.2. The van der Waals surface area contributed by atoms with Gasteiger partial charge >= 0.3 is 6.09 Å². The van der Waals surface area contributed by atoms with Gasteiger partial charge in [0.25, 0.3) is 0 Å². The van der Waals surface area contributed by atoms with Gasteiger partial charge in [0.2, 0.25) is 0 Å². The lowest BCUT2D eigenvalue weighted by Crippen LogP contribution is -2.42. The third kappa shape index (κ3) is 6.14. The van der Waals surface area contributed by atoms with Gasteiger partial charge in [-0.05, 0) is 34.6 Å². The molecule has 0 aliphatic carbocycles. The van der Waals surface area contributed by atoms with Crippen molar-refractivity contribution in [3.05, 3.63) is 5.82 Å². The Kier molecular flexibility index (Phi) is 5.22. The largest absolute Gasteiger partial charge is 0.444 e. The van der Waals surface area contributed by atoms with E-state index >= 15 is 0 Å². The molecule has 1 aromatic rings. The number of nitrogens with zero attached hydrogens (tertiary/aromatic N) is 3. The smallest absolute Gasteiger partial charge is 0.407 e. The Morgan fingerprint density at radius 1 is 1.42 bits per heavy atom. The van der Waals surface area contributed by atoms with Crippen LogP contribution in [0.4, 0.5) is 4.79 Å². The van der Waals surface area contributed by atoms with Crippen molar-refractivity contribution in [2.75, 3.05) is 6.54 Å². The molecule has 8 heteroatoms. The number of ether oxygens (including phenoxy) is 1. The standard InChI is InChI=1S/C11H22N6O2/c1-7(6-12-10(18)19-11(3,4)5)13-8(2)9-14-16-17-15-9/h7-8,13H,6H2,1-5H3,(H,12,18)(H,14,15,16,17). The van der Waals surface area contributed by atoms with E-state index in [-0.39, 0.29) is 12.1 Å². The maximum atomic E-state index is 11.5. The Bertz CT molecular complexity index is 386. The molecular weight excluding hydrogens is 248 g/mol. The highest BCUT2D eigenvalue weighted by molar-refractivity contribution is 5.67. The minimum absolute atomic E-state index is 0.0470. The van der Waals surface area contributed by atoms with E-state index in [1.54, 1.807) is 0 Å². The van der Waals surface area contributed by atoms with Crippen LogP contribution in [0.5, 0.6) is 0 Å². The lowest BCUT2D eigenvalue weighted by molar-refractivity contribution is 0.0522. The number of alkyl carbamates (subject to hydrolysis) is 1. The highest BCUT2D eigenvalue weighted by Gasteiger charge is 2.17. The molecule has 2 unspecified atom stereocenters. The summed E-state index contributed by atoms with van der Waals surface area (Å²) in [7, 11) is 0. The van der Waals surface area contributed by atoms with Gasteiger partial charge < -0.3 is 15.4 Å². The normalized spacial score (nSPS) is 14.8. The zero-order valence-corrected chi connectivity index (χ0v) is 12.0. The fourth-order valence-electron chi connectivity index (χ4n) is 1.46. The average Bonchev–Trinajstić information content (AvgIpc) is 2.77. The van der Waals surface area contributed by atoms with Gasteiger partial charge in [-0.2, -0.15) is 5.21 Å². The van der Waals surface area contributed by atoms with Crippen molar-refractivity contribution in [3.8, 4) is 0 Å². The molecule has 108 valence electrons. The molecule has 0 saturated heterocycles. The quantitative estimate of drug-likeness (QED) is 0.729. The SMILES string of the molecule is CC(CNC(=O)OC(C)(C)C)NC(C)c1nn[nH]n1. The van der Waals surface area contributed by atoms with E-state index in [0.29, 0.717) is 12.4 Å². The molecule has 0 aromatic carbocycles. The second-order valence-corrected chi connectivity index (χ2v) is 5.44. The summed E-state index contributed by atoms with van der Waals surface area (Å²) in [6.45, 7) is 9.81. The van der Waals surface area contributed by atoms with Gasteiger partial charge in [-0.25, -0.2) is 4.79 Å². The first-order valence-electron chi connectivity index (χ1n) is 6.24. The minimum atomic E-state index is -0.487. The Balaban J connectivity index is 2.28. The fraction of sp³-hybridized carbons (Fsp3) is 0.818. The Morgan fingerprint density at radius 3 is 2.63 bits per heavy atom. The van der Waals surface area contributed by atoms with Crippen LogP contribution in [-0.2, 0) is 4.74 Å². The number of tetrazole rings is 1. The van der Waals surface area contributed by atoms with E-state index in [2.05, 4.69) is 31.3 Å². The second-order valence-electron chi connectivity index (χ2n) is 5.44. The maximum Gasteiger partial charge on any atom is 0.407 e. The molecule has 1 amide bonds. The summed E-state index contributed by atoms with van der Waals surface area (Å²) < 4.78 is 5.15. The molecule has 3 N–H and O–H groups in total. The number of amides is 1. The summed E-state index contributed by atoms with van der Waals surface area (Å²) in [5, 5.41) is 19.6. The number of rotatable bonds is 5. The summed E-state index contributed by atoms with van der Waals surface area (Å²) >= 11 is 0. The van der Waals surface area contributed by atoms with Gasteiger partial charge in [0.15, 0.2) is 5.82 Å². The first kappa shape index (κ1) is 15.4. The molecule has 0 aliphatic rings. The molecule has 0 aliphatic heterocycles. The van der Waals surface area contributed by atoms with E-state index < -0.39 is 11.7 Å². The van der Waals surface area contributed by atoms with Crippen LogP contribution in [0.25, 0.3) is 0 Å². The predicted octanol–water partition coefficient (Wildman–Crippen LogP) is 0.763. The van der Waals surface area contributed by atoms with Gasteiger partial charge in [0.1, 0.15) is 5.60 Å². The molecule has 1 aromatic heterocycles. The first-order valence-corrected chi connectivity index (χ1v) is 6.24. The van der Waals surface area contributed by atoms with Crippen molar-refractivity contribution in [2.24, 2.45) is 0 Å². The lowest BCUT2D eigenvalue weighted by Gasteiger charge is -2.22. The number of aromatic nitrogens is 4. The summed E-state index contributed by atoms with van der Waals surface area (Å²) in [5.74, 6) is 0.587. The third-order valence-electron chi connectivity index (χ3n) is 2.24. The highest BCUT2D eigenvalue weighted by Crippen LogP contribution is 2.07. The van der Waals surface area contributed by atoms with Gasteiger partial charge in [0.05, 0.1) is 6.04 Å². The molecule has 0 radical (unpaired) electrons. The molecule has 1 heterocycles. The first-order chi connectivity index (χ1) is 8.78. The van der Waals surface area contributed by atoms with Crippen LogP contribution >= 0.6 is 0 Å². The molecule has 0 spiro atoms. The van der Waals surface area contributed by atoms with Crippen molar-refractivity contribution in [1.29, 1.82) is 0 Å². The monoisotopic (exact) mass is 270 g/mol. The van der Waals surface area contributed by atoms with Gasteiger partial charge in [-0.3, -0.25) is 0 Å². The molecule has 0 bridgehead atoms. The van der Waals surface area contributed by atoms with E-state index in [4.69, 9.17) is 4.74 Å². The van der Waals surface area contributed by atoms with Crippen LogP contribution in [0.15, 0.2) is 0 Å². The van der Waals surface area contributed by atoms with Crippen molar-refractivity contribution >= 4 is 6.09 Å². The molecule has 1 rings (SSSR count). The van der Waals surface area contributed by atoms with Gasteiger partial charge in [0, 0.05) is 12.6 Å². The topological polar surface area (TPSA) is 105 Å². The Hall–Kier alpha value is -1.70. The summed E-state index contributed by atoms with van der Waals surface area (Å²) in [5.41, 5.74) is -0.487. The number of hydrogen-bond acceptors (Lipinski definition) is 6. The second kappa shape index (κ2) is 6.46. The van der Waals surface area contributed by atoms with E-state index in [1.165, 1.54) is 0 Å². The number of nitrogens with one attached hydrogen (secondary N) is 3. The number of H-pyrrole nitrogens is 1. The van der Waals surface area contributed by atoms with Gasteiger partial charge in [-0.1, -0.05) is 5.21 Å². The average molecular weight is 270 g/mol. The van der Waals surface area contributed by atoms with Crippen molar-refractivity contribution < 1.29 is 9.53 Å². The molecule has 0 saturated carbocycles. The Labute approximate surface area is 112 Å². The van der Waals surface area contributed by atoms with E-state index in [0.717, 1.165) is 0 Å². The van der Waals surface area contributed by atoms with E-state index in [9.17, 15) is 4.79 Å². The van der Waals surface area contributed by atoms with Crippen LogP contribution in [-0.4, -0.2) is 44.9 Å². The summed E-state index contributed by atoms with van der Waals surface area (Å²) in [4.78, 5) is 11.5. The molecule has 19 heavy (non-hydrogen) atoms. The summed E-state index contributed by atoms with van der Waals surface area (Å²) in [6.07, 6.45) is -0.423. The maximum absolute atomic E-state index is 11.5. The molecule has 2 atom stereocenters. The van der Waals surface area contributed by atoms with Crippen LogP contribution in [0.3, 0.4) is 0 Å². The fourth-order valence-corrected chi connectivity index (χ4v) is 1.46. The summed E-state index contributed by atoms with van der Waals surface area (Å²) in [6, 6.07) is 0.00945. The van der Waals surface area contributed by atoms with Crippen LogP contribution in [0.2, 0.25) is 0 Å². The van der Waals surface area contributed by atoms with Crippen molar-refractivity contribution in [1.82, 2.24) is 31.3 Å². The van der Waals surface area contributed by atoms with Crippen LogP contribution < -0.4 is 10.6 Å². The molecule has 0 fully saturated rings. The molecule has 8 nitrogen and oxygen atoms in total. The minimum Gasteiger partial charge on any atom is -0.444 e.